The Labute approximate surface area is 87.5 Å². The first-order chi connectivity index (χ1) is 7.15. The summed E-state index contributed by atoms with van der Waals surface area (Å²) in [6.45, 7) is 4.00. The molecule has 0 unspecified atom stereocenters. The van der Waals surface area contributed by atoms with Crippen LogP contribution in [0.4, 0.5) is 8.78 Å². The van der Waals surface area contributed by atoms with Crippen molar-refractivity contribution in [3.8, 4) is 0 Å². The summed E-state index contributed by atoms with van der Waals surface area (Å²) in [6, 6.07) is 1.07. The molecule has 1 rings (SSSR count). The zero-order valence-corrected chi connectivity index (χ0v) is 9.24. The highest BCUT2D eigenvalue weighted by Gasteiger charge is 2.13. The van der Waals surface area contributed by atoms with Crippen molar-refractivity contribution in [3.63, 3.8) is 0 Å². The molecule has 6 heteroatoms. The zero-order valence-electron chi connectivity index (χ0n) is 9.24. The molecule has 0 radical (unpaired) electrons. The normalized spacial score (nSPS) is 8.53. The van der Waals surface area contributed by atoms with Crippen molar-refractivity contribution >= 4 is 6.29 Å². The Morgan fingerprint density at radius 3 is 2.13 bits per heavy atom. The highest BCUT2D eigenvalue weighted by atomic mass is 19.3. The predicted molar refractivity (Wildman–Crippen MR) is 53.0 cm³/mol. The molecule has 0 aliphatic rings. The van der Waals surface area contributed by atoms with Crippen molar-refractivity contribution in [2.24, 2.45) is 7.05 Å². The molecule has 4 nitrogen and oxygen atoms in total. The summed E-state index contributed by atoms with van der Waals surface area (Å²) in [5.41, 5.74) is -0.213. The highest BCUT2D eigenvalue weighted by Crippen LogP contribution is 2.17. The number of aliphatic hydroxyl groups is 1. The Morgan fingerprint density at radius 2 is 1.93 bits per heavy atom. The predicted octanol–water partition coefficient (Wildman–Crippen LogP) is 1.80. The van der Waals surface area contributed by atoms with E-state index in [0.717, 1.165) is 17.9 Å². The number of carbonyl (C=O) groups excluding carboxylic acids is 1. The Hall–Kier alpha value is -1.30. The number of aldehydes is 1. The van der Waals surface area contributed by atoms with Crippen molar-refractivity contribution < 1.29 is 18.7 Å². The maximum absolute atomic E-state index is 12.0. The van der Waals surface area contributed by atoms with Crippen LogP contribution in [-0.4, -0.2) is 28.3 Å². The first-order valence-electron chi connectivity index (χ1n) is 4.37. The van der Waals surface area contributed by atoms with Crippen LogP contribution in [0.3, 0.4) is 0 Å². The maximum atomic E-state index is 12.0. The molecule has 0 aliphatic carbocycles. The van der Waals surface area contributed by atoms with Gasteiger partial charge >= 0.3 is 0 Å². The molecule has 1 heterocycles. The molecule has 0 spiro atoms. The third kappa shape index (κ3) is 5.21. The molecule has 1 aromatic rings. The van der Waals surface area contributed by atoms with E-state index in [0.29, 0.717) is 6.29 Å². The van der Waals surface area contributed by atoms with Crippen LogP contribution in [-0.2, 0) is 7.05 Å². The molecule has 0 saturated carbocycles. The molecule has 0 fully saturated rings. The van der Waals surface area contributed by atoms with E-state index < -0.39 is 6.43 Å². The Morgan fingerprint density at radius 1 is 1.47 bits per heavy atom. The number of aromatic nitrogens is 2. The molecule has 0 amide bonds. The van der Waals surface area contributed by atoms with Crippen LogP contribution in [0.15, 0.2) is 6.07 Å². The summed E-state index contributed by atoms with van der Waals surface area (Å²) in [4.78, 5) is 10.1. The number of nitrogens with zero attached hydrogens (tertiary/aromatic N) is 2. The van der Waals surface area contributed by atoms with Gasteiger partial charge in [0.1, 0.15) is 11.4 Å². The lowest BCUT2D eigenvalue weighted by atomic mass is 10.4. The topological polar surface area (TPSA) is 55.1 Å². The molecule has 0 aliphatic heterocycles. The van der Waals surface area contributed by atoms with E-state index in [1.807, 2.05) is 13.8 Å². The second-order valence-electron chi connectivity index (χ2n) is 2.04. The third-order valence-corrected chi connectivity index (χ3v) is 1.28. The van der Waals surface area contributed by atoms with Gasteiger partial charge in [0, 0.05) is 14.2 Å². The molecule has 0 saturated heterocycles. The van der Waals surface area contributed by atoms with E-state index in [4.69, 9.17) is 5.11 Å². The van der Waals surface area contributed by atoms with E-state index in [-0.39, 0.29) is 11.4 Å². The van der Waals surface area contributed by atoms with Crippen LogP contribution in [0.25, 0.3) is 0 Å². The number of rotatable bonds is 2. The fourth-order valence-electron chi connectivity index (χ4n) is 0.767. The minimum atomic E-state index is -2.58. The average molecular weight is 222 g/mol. The average Bonchev–Trinajstić information content (AvgIpc) is 2.65. The van der Waals surface area contributed by atoms with Crippen molar-refractivity contribution in [1.82, 2.24) is 9.78 Å². The summed E-state index contributed by atoms with van der Waals surface area (Å²) in [5.74, 6) is 0. The summed E-state index contributed by atoms with van der Waals surface area (Å²) in [7, 11) is 2.37. The molecular formula is C9H16F2N2O2. The van der Waals surface area contributed by atoms with Gasteiger partial charge in [-0.15, -0.1) is 0 Å². The van der Waals surface area contributed by atoms with Crippen molar-refractivity contribution in [3.05, 3.63) is 17.5 Å². The fraction of sp³-hybridized carbons (Fsp3) is 0.556. The quantitative estimate of drug-likeness (QED) is 0.776. The van der Waals surface area contributed by atoms with Gasteiger partial charge in [-0.05, 0) is 6.07 Å². The van der Waals surface area contributed by atoms with Crippen LogP contribution < -0.4 is 0 Å². The van der Waals surface area contributed by atoms with Crippen LogP contribution in [0.5, 0.6) is 0 Å². The van der Waals surface area contributed by atoms with Crippen molar-refractivity contribution in [2.75, 3.05) is 7.11 Å². The van der Waals surface area contributed by atoms with Gasteiger partial charge in [0.2, 0.25) is 0 Å². The number of hydrogen-bond donors (Lipinski definition) is 1. The van der Waals surface area contributed by atoms with E-state index in [2.05, 4.69) is 5.10 Å². The van der Waals surface area contributed by atoms with Crippen molar-refractivity contribution in [1.29, 1.82) is 0 Å². The standard InChI is InChI=1S/C6H6F2N2O.C2H6.CH4O/c1-10-5(6(7)8)2-4(3-11)9-10;2*1-2/h2-3,6H,1H3;1-2H3;2H,1H3. The summed E-state index contributed by atoms with van der Waals surface area (Å²) < 4.78 is 25.0. The van der Waals surface area contributed by atoms with Crippen LogP contribution in [0.2, 0.25) is 0 Å². The largest absolute Gasteiger partial charge is 0.400 e. The highest BCUT2D eigenvalue weighted by molar-refractivity contribution is 5.71. The van der Waals surface area contributed by atoms with E-state index in [1.165, 1.54) is 7.05 Å². The number of hydrogen-bond acceptors (Lipinski definition) is 3. The lowest BCUT2D eigenvalue weighted by Crippen LogP contribution is -1.97. The van der Waals surface area contributed by atoms with Gasteiger partial charge in [-0.3, -0.25) is 9.48 Å². The second kappa shape index (κ2) is 9.26. The van der Waals surface area contributed by atoms with E-state index in [9.17, 15) is 13.6 Å². The lowest BCUT2D eigenvalue weighted by Gasteiger charge is -1.96. The number of aliphatic hydroxyl groups excluding tert-OH is 1. The molecule has 0 bridgehead atoms. The van der Waals surface area contributed by atoms with Gasteiger partial charge in [0.15, 0.2) is 6.29 Å². The summed E-state index contributed by atoms with van der Waals surface area (Å²) >= 11 is 0. The third-order valence-electron chi connectivity index (χ3n) is 1.28. The van der Waals surface area contributed by atoms with Gasteiger partial charge in [-0.2, -0.15) is 5.10 Å². The SMILES string of the molecule is CC.CO.Cn1nc(C=O)cc1C(F)F. The molecule has 88 valence electrons. The smallest absolute Gasteiger partial charge is 0.280 e. The first-order valence-corrected chi connectivity index (χ1v) is 4.37. The molecule has 15 heavy (non-hydrogen) atoms. The minimum absolute atomic E-state index is 0.0304. The van der Waals surface area contributed by atoms with Crippen LogP contribution >= 0.6 is 0 Å². The molecule has 1 aromatic heterocycles. The maximum Gasteiger partial charge on any atom is 0.280 e. The van der Waals surface area contributed by atoms with E-state index in [1.54, 1.807) is 0 Å². The van der Waals surface area contributed by atoms with Gasteiger partial charge in [0.25, 0.3) is 6.43 Å². The fourth-order valence-corrected chi connectivity index (χ4v) is 0.767. The molecule has 1 N–H and O–H groups in total. The van der Waals surface area contributed by atoms with Crippen molar-refractivity contribution in [2.45, 2.75) is 20.3 Å². The molecular weight excluding hydrogens is 206 g/mol. The number of halogens is 2. The zero-order chi connectivity index (χ0) is 12.4. The number of carbonyl (C=O) groups is 1. The monoisotopic (exact) mass is 222 g/mol. The van der Waals surface area contributed by atoms with E-state index >= 15 is 0 Å². The van der Waals surface area contributed by atoms with Crippen LogP contribution in [0, 0.1) is 0 Å². The van der Waals surface area contributed by atoms with Crippen LogP contribution in [0.1, 0.15) is 36.5 Å². The minimum Gasteiger partial charge on any atom is -0.400 e. The lowest BCUT2D eigenvalue weighted by molar-refractivity contribution is 0.111. The Balaban J connectivity index is 0. The molecule has 0 atom stereocenters. The number of aryl methyl sites for hydroxylation is 1. The van der Waals surface area contributed by atoms with Gasteiger partial charge in [-0.1, -0.05) is 13.8 Å². The Bertz CT molecular complexity index is 275. The first kappa shape index (κ1) is 16.1. The second-order valence-corrected chi connectivity index (χ2v) is 2.04. The van der Waals surface area contributed by atoms with Gasteiger partial charge in [0.05, 0.1) is 0 Å². The number of alkyl halides is 2. The van der Waals surface area contributed by atoms with Gasteiger partial charge in [-0.25, -0.2) is 8.78 Å². The Kier molecular flexibility index (Phi) is 9.97. The molecule has 0 aromatic carbocycles. The van der Waals surface area contributed by atoms with Gasteiger partial charge < -0.3 is 5.11 Å². The summed E-state index contributed by atoms with van der Waals surface area (Å²) in [6.07, 6.45) is -2.15. The summed E-state index contributed by atoms with van der Waals surface area (Å²) in [5, 5.41) is 10.5.